The van der Waals surface area contributed by atoms with Crippen molar-refractivity contribution < 1.29 is 4.74 Å². The molecular weight excluding hydrogens is 477 g/mol. The maximum absolute atomic E-state index is 5.18. The van der Waals surface area contributed by atoms with E-state index in [1.54, 1.807) is 7.11 Å². The Kier molecular flexibility index (Phi) is 8.95. The van der Waals surface area contributed by atoms with Gasteiger partial charge < -0.3 is 15.4 Å². The summed E-state index contributed by atoms with van der Waals surface area (Å²) in [4.78, 5) is 4.83. The van der Waals surface area contributed by atoms with Gasteiger partial charge in [-0.25, -0.2) is 4.99 Å². The number of hydrogen-bond donors (Lipinski definition) is 2. The van der Waals surface area contributed by atoms with E-state index in [-0.39, 0.29) is 29.4 Å². The van der Waals surface area contributed by atoms with Gasteiger partial charge in [0.15, 0.2) is 5.96 Å². The molecule has 0 atom stereocenters. The highest BCUT2D eigenvalue weighted by atomic mass is 127. The quantitative estimate of drug-likeness (QED) is 0.307. The summed E-state index contributed by atoms with van der Waals surface area (Å²) < 4.78 is 7.19. The number of benzene rings is 1. The molecule has 1 aromatic carbocycles. The van der Waals surface area contributed by atoms with Crippen LogP contribution in [0.3, 0.4) is 0 Å². The topological polar surface area (TPSA) is 63.5 Å². The molecule has 0 spiro atoms. The number of aromatic nitrogens is 2. The minimum atomic E-state index is 0. The average Bonchev–Trinajstić information content (AvgIpc) is 3.45. The molecule has 0 radical (unpaired) electrons. The fourth-order valence-electron chi connectivity index (χ4n) is 3.62. The van der Waals surface area contributed by atoms with E-state index in [4.69, 9.17) is 9.73 Å². The molecule has 0 aliphatic heterocycles. The number of methoxy groups -OCH3 is 1. The lowest BCUT2D eigenvalue weighted by molar-refractivity contribution is 0.182. The Morgan fingerprint density at radius 2 is 1.93 bits per heavy atom. The van der Waals surface area contributed by atoms with E-state index in [1.807, 2.05) is 4.68 Å². The molecule has 1 fully saturated rings. The highest BCUT2D eigenvalue weighted by molar-refractivity contribution is 14.0. The molecule has 0 bridgehead atoms. The fourth-order valence-corrected chi connectivity index (χ4v) is 3.62. The van der Waals surface area contributed by atoms with Gasteiger partial charge in [-0.05, 0) is 39.2 Å². The smallest absolute Gasteiger partial charge is 0.191 e. The first-order valence-electron chi connectivity index (χ1n) is 10.2. The van der Waals surface area contributed by atoms with Crippen LogP contribution in [0.4, 0.5) is 0 Å². The molecule has 2 aromatic rings. The van der Waals surface area contributed by atoms with Gasteiger partial charge in [-0.3, -0.25) is 4.68 Å². The molecule has 1 aliphatic carbocycles. The molecule has 2 N–H and O–H groups in total. The van der Waals surface area contributed by atoms with E-state index in [9.17, 15) is 0 Å². The van der Waals surface area contributed by atoms with Gasteiger partial charge in [-0.1, -0.05) is 30.3 Å². The van der Waals surface area contributed by atoms with E-state index in [0.29, 0.717) is 13.2 Å². The summed E-state index contributed by atoms with van der Waals surface area (Å²) in [6.07, 6.45) is 2.46. The van der Waals surface area contributed by atoms with Crippen molar-refractivity contribution in [2.45, 2.75) is 52.1 Å². The molecule has 0 unspecified atom stereocenters. The zero-order chi connectivity index (χ0) is 20.0. The summed E-state index contributed by atoms with van der Waals surface area (Å²) >= 11 is 0. The van der Waals surface area contributed by atoms with E-state index >= 15 is 0 Å². The number of halogens is 1. The average molecular weight is 511 g/mol. The van der Waals surface area contributed by atoms with Crippen LogP contribution in [0.1, 0.15) is 42.3 Å². The van der Waals surface area contributed by atoms with Gasteiger partial charge in [-0.2, -0.15) is 5.10 Å². The highest BCUT2D eigenvalue weighted by Crippen LogP contribution is 2.47. The monoisotopic (exact) mass is 511 g/mol. The van der Waals surface area contributed by atoms with Crippen molar-refractivity contribution >= 4 is 29.9 Å². The number of hydrogen-bond acceptors (Lipinski definition) is 3. The summed E-state index contributed by atoms with van der Waals surface area (Å²) in [5.74, 6) is 0.869. The van der Waals surface area contributed by atoms with Crippen LogP contribution in [0, 0.1) is 13.8 Å². The lowest BCUT2D eigenvalue weighted by Crippen LogP contribution is -2.41. The largest absolute Gasteiger partial charge is 0.383 e. The second-order valence-electron chi connectivity index (χ2n) is 7.56. The van der Waals surface area contributed by atoms with Crippen LogP contribution in [0.25, 0.3) is 0 Å². The molecule has 160 valence electrons. The van der Waals surface area contributed by atoms with Crippen molar-refractivity contribution in [3.63, 3.8) is 0 Å². The van der Waals surface area contributed by atoms with Crippen molar-refractivity contribution in [3.8, 4) is 0 Å². The molecule has 6 nitrogen and oxygen atoms in total. The summed E-state index contributed by atoms with van der Waals surface area (Å²) in [6.45, 7) is 10.1. The van der Waals surface area contributed by atoms with Gasteiger partial charge in [0.05, 0.1) is 25.4 Å². The van der Waals surface area contributed by atoms with Crippen LogP contribution in [-0.4, -0.2) is 42.5 Å². The number of guanidine groups is 1. The van der Waals surface area contributed by atoms with Gasteiger partial charge >= 0.3 is 0 Å². The third kappa shape index (κ3) is 5.94. The maximum Gasteiger partial charge on any atom is 0.191 e. The van der Waals surface area contributed by atoms with Crippen LogP contribution in [0.2, 0.25) is 0 Å². The third-order valence-electron chi connectivity index (χ3n) is 5.61. The number of aliphatic imine (C=N–C) groups is 1. The molecule has 1 aliphatic rings. The zero-order valence-corrected chi connectivity index (χ0v) is 20.3. The first kappa shape index (κ1) is 23.7. The van der Waals surface area contributed by atoms with Crippen molar-refractivity contribution in [2.24, 2.45) is 4.99 Å². The Balaban J connectivity index is 0.00000300. The molecule has 7 heteroatoms. The maximum atomic E-state index is 5.18. The van der Waals surface area contributed by atoms with Crippen LogP contribution < -0.4 is 10.6 Å². The summed E-state index contributed by atoms with van der Waals surface area (Å²) in [5, 5.41) is 11.6. The van der Waals surface area contributed by atoms with E-state index in [1.165, 1.54) is 24.0 Å². The number of aryl methyl sites for hydroxylation is 1. The van der Waals surface area contributed by atoms with Gasteiger partial charge in [0.25, 0.3) is 0 Å². The molecule has 3 rings (SSSR count). The third-order valence-corrected chi connectivity index (χ3v) is 5.61. The van der Waals surface area contributed by atoms with Gasteiger partial charge in [0.1, 0.15) is 0 Å². The van der Waals surface area contributed by atoms with Crippen LogP contribution in [0.5, 0.6) is 0 Å². The first-order valence-corrected chi connectivity index (χ1v) is 10.2. The Labute approximate surface area is 191 Å². The minimum absolute atomic E-state index is 0. The predicted molar refractivity (Wildman–Crippen MR) is 129 cm³/mol. The molecule has 29 heavy (non-hydrogen) atoms. The summed E-state index contributed by atoms with van der Waals surface area (Å²) in [6, 6.07) is 10.8. The van der Waals surface area contributed by atoms with Crippen molar-refractivity contribution in [1.82, 2.24) is 20.4 Å². The standard InChI is InChI=1S/C22H33N5O.HI/c1-5-23-21(25-16-22(11-12-22)19-9-7-6-8-10-19)24-15-20-17(2)26-27(18(20)3)13-14-28-4;/h6-10H,5,11-16H2,1-4H3,(H2,23,24,25);1H. The first-order chi connectivity index (χ1) is 13.6. The molecule has 1 heterocycles. The van der Waals surface area contributed by atoms with Gasteiger partial charge in [-0.15, -0.1) is 24.0 Å². The lowest BCUT2D eigenvalue weighted by atomic mass is 9.96. The second kappa shape index (κ2) is 11.0. The van der Waals surface area contributed by atoms with E-state index in [0.717, 1.165) is 37.0 Å². The normalized spacial score (nSPS) is 15.0. The Morgan fingerprint density at radius 3 is 2.55 bits per heavy atom. The number of rotatable bonds is 9. The minimum Gasteiger partial charge on any atom is -0.383 e. The summed E-state index contributed by atoms with van der Waals surface area (Å²) in [5.41, 5.74) is 5.07. The highest BCUT2D eigenvalue weighted by Gasteiger charge is 2.43. The van der Waals surface area contributed by atoms with E-state index in [2.05, 4.69) is 66.8 Å². The van der Waals surface area contributed by atoms with Crippen LogP contribution in [0.15, 0.2) is 35.3 Å². The fraction of sp³-hybridized carbons (Fsp3) is 0.545. The second-order valence-corrected chi connectivity index (χ2v) is 7.56. The predicted octanol–water partition coefficient (Wildman–Crippen LogP) is 3.55. The molecule has 1 aromatic heterocycles. The van der Waals surface area contributed by atoms with Crippen molar-refractivity contribution in [3.05, 3.63) is 52.8 Å². The number of nitrogens with one attached hydrogen (secondary N) is 2. The Morgan fingerprint density at radius 1 is 1.21 bits per heavy atom. The Bertz CT molecular complexity index is 799. The molecule has 0 amide bonds. The van der Waals surface area contributed by atoms with Crippen molar-refractivity contribution in [1.29, 1.82) is 0 Å². The zero-order valence-electron chi connectivity index (χ0n) is 18.0. The molecule has 0 saturated heterocycles. The Hall–Kier alpha value is -1.61. The van der Waals surface area contributed by atoms with Crippen molar-refractivity contribution in [2.75, 3.05) is 26.8 Å². The SMILES string of the molecule is CCNC(=NCc1c(C)nn(CCOC)c1C)NCC1(c2ccccc2)CC1.I. The number of nitrogens with zero attached hydrogens (tertiary/aromatic N) is 3. The molecule has 1 saturated carbocycles. The lowest BCUT2D eigenvalue weighted by Gasteiger charge is -2.19. The van der Waals surface area contributed by atoms with Crippen LogP contribution >= 0.6 is 24.0 Å². The number of ether oxygens (including phenoxy) is 1. The van der Waals surface area contributed by atoms with E-state index < -0.39 is 0 Å². The van der Waals surface area contributed by atoms with Gasteiger partial charge in [0, 0.05) is 36.9 Å². The molecular formula is C22H34IN5O. The van der Waals surface area contributed by atoms with Gasteiger partial charge in [0.2, 0.25) is 0 Å². The summed E-state index contributed by atoms with van der Waals surface area (Å²) in [7, 11) is 1.72. The van der Waals surface area contributed by atoms with Crippen LogP contribution in [-0.2, 0) is 23.2 Å².